The second-order valence-corrected chi connectivity index (χ2v) is 19.6. The van der Waals surface area contributed by atoms with E-state index in [-0.39, 0.29) is 0 Å². The highest BCUT2D eigenvalue weighted by atomic mass is 32.1. The second kappa shape index (κ2) is 14.0. The number of hydrogen-bond donors (Lipinski definition) is 0. The van der Waals surface area contributed by atoms with Gasteiger partial charge in [0, 0.05) is 58.4 Å². The minimum absolute atomic E-state index is 0.492. The number of hydrogen-bond acceptors (Lipinski definition) is 6. The van der Waals surface area contributed by atoms with Crippen LogP contribution >= 0.6 is 11.3 Å². The lowest BCUT2D eigenvalue weighted by atomic mass is 9.68. The molecule has 0 saturated heterocycles. The standard InChI is InChI=1S/C64H35N3O2S/c1-6-23-49-39(14-1)40-15-2-7-24-50(40)64(49)51-25-8-3-16-41(51)44-20-11-19-38(60(44)64)36-31-33-53-48(34-36)59-47(22-13-28-55(59)69-53)63-66-61(37-30-32-43-42-17-5-10-29-56(42)70-57(43)35-37)65-62(67-63)46-21-12-27-54-58(46)45-18-4-9-26-52(45)68-54/h1-35H. The fourth-order valence-corrected chi connectivity index (χ4v) is 13.3. The average Bonchev–Trinajstić information content (AvgIpc) is 4.24. The van der Waals surface area contributed by atoms with Crippen LogP contribution in [-0.4, -0.2) is 15.0 Å². The van der Waals surface area contributed by atoms with Gasteiger partial charge in [0.1, 0.15) is 22.3 Å². The number of furan rings is 2. The number of rotatable bonds is 4. The Kier molecular flexibility index (Phi) is 7.63. The Morgan fingerprint density at radius 3 is 1.51 bits per heavy atom. The van der Waals surface area contributed by atoms with Crippen LogP contribution in [0.25, 0.3) is 132 Å². The van der Waals surface area contributed by atoms with E-state index in [0.29, 0.717) is 17.5 Å². The van der Waals surface area contributed by atoms with Gasteiger partial charge in [-0.2, -0.15) is 0 Å². The Bertz CT molecular complexity index is 4510. The lowest BCUT2D eigenvalue weighted by Crippen LogP contribution is -2.26. The zero-order valence-corrected chi connectivity index (χ0v) is 38.1. The molecular formula is C64H35N3O2S. The van der Waals surface area contributed by atoms with Gasteiger partial charge < -0.3 is 8.83 Å². The third kappa shape index (κ3) is 5.07. The van der Waals surface area contributed by atoms with E-state index in [2.05, 4.69) is 170 Å². The maximum Gasteiger partial charge on any atom is 0.164 e. The van der Waals surface area contributed by atoms with Crippen molar-refractivity contribution in [1.29, 1.82) is 0 Å². The molecule has 14 aromatic rings. The first kappa shape index (κ1) is 38.0. The topological polar surface area (TPSA) is 65.0 Å². The molecule has 4 aromatic heterocycles. The number of para-hydroxylation sites is 1. The molecule has 1 spiro atoms. The summed E-state index contributed by atoms with van der Waals surface area (Å²) in [5.41, 5.74) is 18.0. The minimum Gasteiger partial charge on any atom is -0.456 e. The highest BCUT2D eigenvalue weighted by molar-refractivity contribution is 7.25. The van der Waals surface area contributed by atoms with Crippen molar-refractivity contribution in [3.05, 3.63) is 235 Å². The molecule has 70 heavy (non-hydrogen) atoms. The van der Waals surface area contributed by atoms with Gasteiger partial charge >= 0.3 is 0 Å². The van der Waals surface area contributed by atoms with E-state index >= 15 is 0 Å². The quantitative estimate of drug-likeness (QED) is 0.176. The number of aromatic nitrogens is 3. The molecule has 0 radical (unpaired) electrons. The summed E-state index contributed by atoms with van der Waals surface area (Å²) in [4.78, 5) is 16.1. The molecule has 2 aliphatic carbocycles. The fraction of sp³-hybridized carbons (Fsp3) is 0.0156. The Morgan fingerprint density at radius 2 is 0.800 bits per heavy atom. The highest BCUT2D eigenvalue weighted by Gasteiger charge is 2.52. The van der Waals surface area contributed by atoms with Gasteiger partial charge in [0.05, 0.1) is 5.41 Å². The molecule has 0 unspecified atom stereocenters. The maximum atomic E-state index is 6.76. The molecule has 5 nitrogen and oxygen atoms in total. The van der Waals surface area contributed by atoms with Crippen LogP contribution in [0, 0.1) is 0 Å². The highest BCUT2D eigenvalue weighted by Crippen LogP contribution is 2.64. The number of thiophene rings is 1. The summed E-state index contributed by atoms with van der Waals surface area (Å²) in [6.45, 7) is 0. The molecule has 16 rings (SSSR count). The van der Waals surface area contributed by atoms with Gasteiger partial charge in [-0.1, -0.05) is 170 Å². The molecular weight excluding hydrogens is 875 g/mol. The first-order chi connectivity index (χ1) is 34.7. The van der Waals surface area contributed by atoms with Crippen LogP contribution in [0.5, 0.6) is 0 Å². The Morgan fingerprint density at radius 1 is 0.314 bits per heavy atom. The van der Waals surface area contributed by atoms with E-state index in [9.17, 15) is 0 Å². The van der Waals surface area contributed by atoms with Gasteiger partial charge in [-0.05, 0) is 98.1 Å². The second-order valence-electron chi connectivity index (χ2n) is 18.5. The predicted molar refractivity (Wildman–Crippen MR) is 285 cm³/mol. The largest absolute Gasteiger partial charge is 0.456 e. The van der Waals surface area contributed by atoms with Gasteiger partial charge in [-0.25, -0.2) is 15.0 Å². The smallest absolute Gasteiger partial charge is 0.164 e. The van der Waals surface area contributed by atoms with E-state index in [1.807, 2.05) is 42.5 Å². The first-order valence-electron chi connectivity index (χ1n) is 23.7. The minimum atomic E-state index is -0.492. The van der Waals surface area contributed by atoms with Gasteiger partial charge in [0.25, 0.3) is 0 Å². The molecule has 0 amide bonds. The van der Waals surface area contributed by atoms with Gasteiger partial charge in [-0.15, -0.1) is 11.3 Å². The van der Waals surface area contributed by atoms with E-state index in [1.54, 1.807) is 11.3 Å². The zero-order valence-electron chi connectivity index (χ0n) is 37.3. The van der Waals surface area contributed by atoms with Crippen LogP contribution in [0.15, 0.2) is 221 Å². The first-order valence-corrected chi connectivity index (χ1v) is 24.5. The maximum absolute atomic E-state index is 6.76. The molecule has 0 aliphatic heterocycles. The molecule has 0 atom stereocenters. The predicted octanol–water partition coefficient (Wildman–Crippen LogP) is 17.0. The van der Waals surface area contributed by atoms with Crippen LogP contribution in [-0.2, 0) is 5.41 Å². The van der Waals surface area contributed by atoms with Crippen molar-refractivity contribution >= 4 is 75.4 Å². The van der Waals surface area contributed by atoms with Crippen molar-refractivity contribution in [2.45, 2.75) is 5.41 Å². The lowest BCUT2D eigenvalue weighted by Gasteiger charge is -2.32. The van der Waals surface area contributed by atoms with Gasteiger partial charge in [0.15, 0.2) is 17.5 Å². The molecule has 0 N–H and O–H groups in total. The Balaban J connectivity index is 0.936. The molecule has 10 aromatic carbocycles. The summed E-state index contributed by atoms with van der Waals surface area (Å²) >= 11 is 1.79. The monoisotopic (exact) mass is 909 g/mol. The molecule has 6 heteroatoms. The number of benzene rings is 10. The Labute approximate surface area is 404 Å². The van der Waals surface area contributed by atoms with Crippen LogP contribution in [0.1, 0.15) is 22.3 Å². The third-order valence-corrected chi connectivity index (χ3v) is 16.1. The van der Waals surface area contributed by atoms with Crippen molar-refractivity contribution < 1.29 is 8.83 Å². The van der Waals surface area contributed by atoms with E-state index in [1.165, 1.54) is 70.2 Å². The van der Waals surface area contributed by atoms with Crippen molar-refractivity contribution in [2.24, 2.45) is 0 Å². The van der Waals surface area contributed by atoms with Crippen molar-refractivity contribution in [1.82, 2.24) is 15.0 Å². The van der Waals surface area contributed by atoms with Crippen molar-refractivity contribution in [3.8, 4) is 67.5 Å². The van der Waals surface area contributed by atoms with E-state index < -0.39 is 5.41 Å². The zero-order chi connectivity index (χ0) is 45.7. The summed E-state index contributed by atoms with van der Waals surface area (Å²) in [6, 6.07) is 76.1. The normalized spacial score (nSPS) is 13.3. The summed E-state index contributed by atoms with van der Waals surface area (Å²) in [5, 5.41) is 6.41. The SMILES string of the molecule is c1ccc2c(c1)-c1ccccc1C21c2ccccc2-c2cccc(-c3ccc4oc5cccc(-c6nc(-c7ccc8c(c7)sc7ccccc78)nc(-c7cccc8oc9ccccc9c78)n6)c5c4c3)c21. The third-order valence-electron chi connectivity index (χ3n) is 15.0. The van der Waals surface area contributed by atoms with Crippen LogP contribution in [0.4, 0.5) is 0 Å². The van der Waals surface area contributed by atoms with E-state index in [0.717, 1.165) is 66.1 Å². The molecule has 2 aliphatic rings. The van der Waals surface area contributed by atoms with E-state index in [4.69, 9.17) is 23.8 Å². The van der Waals surface area contributed by atoms with Crippen LogP contribution in [0.3, 0.4) is 0 Å². The summed E-state index contributed by atoms with van der Waals surface area (Å²) in [6.07, 6.45) is 0. The van der Waals surface area contributed by atoms with Gasteiger partial charge in [-0.3, -0.25) is 0 Å². The summed E-state index contributed by atoms with van der Waals surface area (Å²) < 4.78 is 15.6. The van der Waals surface area contributed by atoms with Gasteiger partial charge in [0.2, 0.25) is 0 Å². The average molecular weight is 910 g/mol. The lowest BCUT2D eigenvalue weighted by molar-refractivity contribution is 0.668. The Hall–Kier alpha value is -8.97. The van der Waals surface area contributed by atoms with Crippen LogP contribution < -0.4 is 0 Å². The summed E-state index contributed by atoms with van der Waals surface area (Å²) in [5.74, 6) is 1.73. The number of fused-ring (bicyclic) bond motifs is 19. The fourth-order valence-electron chi connectivity index (χ4n) is 12.1. The number of nitrogens with zero attached hydrogens (tertiary/aromatic N) is 3. The van der Waals surface area contributed by atoms with Crippen LogP contribution in [0.2, 0.25) is 0 Å². The molecule has 324 valence electrons. The van der Waals surface area contributed by atoms with Crippen molar-refractivity contribution in [3.63, 3.8) is 0 Å². The molecule has 0 fully saturated rings. The molecule has 0 saturated carbocycles. The summed E-state index contributed by atoms with van der Waals surface area (Å²) in [7, 11) is 0. The van der Waals surface area contributed by atoms with Crippen molar-refractivity contribution in [2.75, 3.05) is 0 Å². The molecule has 4 heterocycles. The molecule has 0 bridgehead atoms.